The number of fused-ring (bicyclic) bond motifs is 1. The first kappa shape index (κ1) is 20.5. The number of nitrogens with one attached hydrogen (secondary N) is 1. The summed E-state index contributed by atoms with van der Waals surface area (Å²) >= 11 is 0. The van der Waals surface area contributed by atoms with Gasteiger partial charge in [0.2, 0.25) is 5.91 Å². The highest BCUT2D eigenvalue weighted by atomic mass is 16.3. The number of aliphatic hydroxyl groups is 1. The van der Waals surface area contributed by atoms with E-state index in [9.17, 15) is 14.7 Å². The van der Waals surface area contributed by atoms with Gasteiger partial charge >= 0.3 is 0 Å². The van der Waals surface area contributed by atoms with Gasteiger partial charge < -0.3 is 10.4 Å². The quantitative estimate of drug-likeness (QED) is 0.701. The molecule has 2 aromatic heterocycles. The molecule has 0 spiro atoms. The Bertz CT molecular complexity index is 858. The highest BCUT2D eigenvalue weighted by molar-refractivity contribution is 6.05. The van der Waals surface area contributed by atoms with E-state index >= 15 is 0 Å². The fraction of sp³-hybridized carbons (Fsp3) is 0.591. The molecule has 152 valence electrons. The van der Waals surface area contributed by atoms with Crippen LogP contribution >= 0.6 is 0 Å². The van der Waals surface area contributed by atoms with Crippen LogP contribution in [0.5, 0.6) is 0 Å². The molecule has 6 nitrogen and oxygen atoms in total. The molecule has 1 fully saturated rings. The summed E-state index contributed by atoms with van der Waals surface area (Å²) in [5.74, 6) is 0.0205. The van der Waals surface area contributed by atoms with Gasteiger partial charge in [0.05, 0.1) is 28.1 Å². The van der Waals surface area contributed by atoms with Gasteiger partial charge in [0.1, 0.15) is 0 Å². The van der Waals surface area contributed by atoms with Crippen LogP contribution in [0.3, 0.4) is 0 Å². The first-order chi connectivity index (χ1) is 13.3. The number of anilines is 1. The van der Waals surface area contributed by atoms with Crippen LogP contribution in [-0.2, 0) is 11.2 Å². The van der Waals surface area contributed by atoms with E-state index < -0.39 is 5.60 Å². The van der Waals surface area contributed by atoms with Crippen molar-refractivity contribution in [1.29, 1.82) is 0 Å². The molecule has 0 saturated heterocycles. The van der Waals surface area contributed by atoms with E-state index in [1.165, 1.54) is 6.42 Å². The molecule has 0 aromatic carbocycles. The Morgan fingerprint density at radius 2 is 1.96 bits per heavy atom. The Labute approximate surface area is 166 Å². The van der Waals surface area contributed by atoms with Crippen molar-refractivity contribution in [3.63, 3.8) is 0 Å². The number of carbonyl (C=O) groups excluding carboxylic acids is 2. The SMILES string of the molecule is CCC(=O)c1cn2nc(CCC(C)(C)O)cc2cc1NC(=O)C1CCCCC1. The topological polar surface area (TPSA) is 83.7 Å². The second-order valence-electron chi connectivity index (χ2n) is 8.52. The number of ketones is 1. The molecule has 3 rings (SSSR count). The summed E-state index contributed by atoms with van der Waals surface area (Å²) in [7, 11) is 0. The maximum absolute atomic E-state index is 12.7. The van der Waals surface area contributed by atoms with Crippen LogP contribution in [0.2, 0.25) is 0 Å². The third kappa shape index (κ3) is 4.98. The van der Waals surface area contributed by atoms with Gasteiger partial charge in [0, 0.05) is 18.5 Å². The van der Waals surface area contributed by atoms with E-state index in [2.05, 4.69) is 10.4 Å². The van der Waals surface area contributed by atoms with E-state index in [1.54, 1.807) is 24.6 Å². The molecule has 2 aromatic rings. The highest BCUT2D eigenvalue weighted by Gasteiger charge is 2.23. The largest absolute Gasteiger partial charge is 0.390 e. The molecule has 0 atom stereocenters. The van der Waals surface area contributed by atoms with E-state index in [1.807, 2.05) is 19.1 Å². The number of hydrogen-bond donors (Lipinski definition) is 2. The molecule has 0 bridgehead atoms. The van der Waals surface area contributed by atoms with Crippen LogP contribution in [0, 0.1) is 5.92 Å². The molecule has 2 heterocycles. The molecule has 1 aliphatic rings. The lowest BCUT2D eigenvalue weighted by atomic mass is 9.88. The van der Waals surface area contributed by atoms with Crippen molar-refractivity contribution in [2.45, 2.75) is 77.7 Å². The maximum atomic E-state index is 12.7. The summed E-state index contributed by atoms with van der Waals surface area (Å²) in [6.07, 6.45) is 8.53. The minimum atomic E-state index is -0.752. The number of aromatic nitrogens is 2. The number of hydrogen-bond acceptors (Lipinski definition) is 4. The predicted molar refractivity (Wildman–Crippen MR) is 110 cm³/mol. The zero-order chi connectivity index (χ0) is 20.3. The summed E-state index contributed by atoms with van der Waals surface area (Å²) in [4.78, 5) is 25.2. The summed E-state index contributed by atoms with van der Waals surface area (Å²) in [5, 5.41) is 17.5. The standard InChI is InChI=1S/C22H31N3O3/c1-4-20(26)18-14-25-17(12-16(24-25)10-11-22(2,3)28)13-19(18)23-21(27)15-8-6-5-7-9-15/h12-15,28H,4-11H2,1-3H3,(H,23,27). The van der Waals surface area contributed by atoms with Gasteiger partial charge in [-0.25, -0.2) is 4.52 Å². The molecule has 2 N–H and O–H groups in total. The average Bonchev–Trinajstić information content (AvgIpc) is 3.07. The number of rotatable bonds is 7. The number of pyridine rings is 1. The van der Waals surface area contributed by atoms with Crippen LogP contribution in [0.4, 0.5) is 5.69 Å². The van der Waals surface area contributed by atoms with Crippen LogP contribution in [0.1, 0.15) is 81.8 Å². The number of Topliss-reactive ketones (excluding diaryl/α,β-unsaturated/α-hetero) is 1. The van der Waals surface area contributed by atoms with E-state index in [-0.39, 0.29) is 17.6 Å². The molecule has 0 radical (unpaired) electrons. The number of amides is 1. The average molecular weight is 386 g/mol. The van der Waals surface area contributed by atoms with Crippen LogP contribution in [-0.4, -0.2) is 32.0 Å². The van der Waals surface area contributed by atoms with E-state index in [4.69, 9.17) is 0 Å². The van der Waals surface area contributed by atoms with Gasteiger partial charge in [0.25, 0.3) is 0 Å². The fourth-order valence-corrected chi connectivity index (χ4v) is 3.76. The molecule has 1 aliphatic carbocycles. The Balaban J connectivity index is 1.88. The Kier molecular flexibility index (Phi) is 6.18. The maximum Gasteiger partial charge on any atom is 0.227 e. The third-order valence-corrected chi connectivity index (χ3v) is 5.50. The molecule has 1 saturated carbocycles. The van der Waals surface area contributed by atoms with E-state index in [0.29, 0.717) is 30.5 Å². The molecular weight excluding hydrogens is 354 g/mol. The molecule has 28 heavy (non-hydrogen) atoms. The number of nitrogens with zero attached hydrogens (tertiary/aromatic N) is 2. The third-order valence-electron chi connectivity index (χ3n) is 5.50. The summed E-state index contributed by atoms with van der Waals surface area (Å²) < 4.78 is 1.69. The molecular formula is C22H31N3O3. The van der Waals surface area contributed by atoms with Crippen molar-refractivity contribution in [2.75, 3.05) is 5.32 Å². The van der Waals surface area contributed by atoms with Gasteiger partial charge in [-0.3, -0.25) is 9.59 Å². The van der Waals surface area contributed by atoms with Gasteiger partial charge in [-0.2, -0.15) is 5.10 Å². The Morgan fingerprint density at radius 3 is 2.61 bits per heavy atom. The second-order valence-corrected chi connectivity index (χ2v) is 8.52. The van der Waals surface area contributed by atoms with Crippen molar-refractivity contribution in [1.82, 2.24) is 9.61 Å². The van der Waals surface area contributed by atoms with Crippen molar-refractivity contribution in [3.05, 3.63) is 29.6 Å². The van der Waals surface area contributed by atoms with Crippen LogP contribution in [0.15, 0.2) is 18.3 Å². The lowest BCUT2D eigenvalue weighted by Gasteiger charge is -2.21. The van der Waals surface area contributed by atoms with Crippen LogP contribution in [0.25, 0.3) is 5.52 Å². The number of carbonyl (C=O) groups is 2. The minimum absolute atomic E-state index is 0.0102. The zero-order valence-corrected chi connectivity index (χ0v) is 17.1. The predicted octanol–water partition coefficient (Wildman–Crippen LogP) is 4.15. The van der Waals surface area contributed by atoms with Gasteiger partial charge in [0.15, 0.2) is 5.78 Å². The lowest BCUT2D eigenvalue weighted by molar-refractivity contribution is -0.120. The van der Waals surface area contributed by atoms with Gasteiger partial charge in [-0.1, -0.05) is 26.2 Å². The summed E-state index contributed by atoms with van der Waals surface area (Å²) in [6.45, 7) is 5.37. The number of aryl methyl sites for hydroxylation is 1. The molecule has 0 unspecified atom stereocenters. The van der Waals surface area contributed by atoms with Gasteiger partial charge in [-0.05, 0) is 51.7 Å². The smallest absolute Gasteiger partial charge is 0.227 e. The fourth-order valence-electron chi connectivity index (χ4n) is 3.76. The molecule has 0 aliphatic heterocycles. The normalized spacial score (nSPS) is 15.7. The summed E-state index contributed by atoms with van der Waals surface area (Å²) in [5.41, 5.74) is 2.00. The van der Waals surface area contributed by atoms with Crippen molar-refractivity contribution in [3.8, 4) is 0 Å². The Hall–Kier alpha value is -2.21. The Morgan fingerprint density at radius 1 is 1.25 bits per heavy atom. The van der Waals surface area contributed by atoms with Crippen molar-refractivity contribution >= 4 is 22.9 Å². The second kappa shape index (κ2) is 8.43. The van der Waals surface area contributed by atoms with Crippen molar-refractivity contribution in [2.24, 2.45) is 5.92 Å². The lowest BCUT2D eigenvalue weighted by Crippen LogP contribution is -2.25. The monoisotopic (exact) mass is 385 g/mol. The van der Waals surface area contributed by atoms with Crippen LogP contribution < -0.4 is 5.32 Å². The van der Waals surface area contributed by atoms with E-state index in [0.717, 1.165) is 36.9 Å². The summed E-state index contributed by atoms with van der Waals surface area (Å²) in [6, 6.07) is 3.78. The highest BCUT2D eigenvalue weighted by Crippen LogP contribution is 2.27. The first-order valence-corrected chi connectivity index (χ1v) is 10.4. The first-order valence-electron chi connectivity index (χ1n) is 10.4. The van der Waals surface area contributed by atoms with Gasteiger partial charge in [-0.15, -0.1) is 0 Å². The molecule has 1 amide bonds. The van der Waals surface area contributed by atoms with Crippen molar-refractivity contribution < 1.29 is 14.7 Å². The molecule has 6 heteroatoms. The zero-order valence-electron chi connectivity index (χ0n) is 17.1. The minimum Gasteiger partial charge on any atom is -0.390 e.